The molecular weight excluding hydrogens is 411 g/mol. The van der Waals surface area contributed by atoms with Crippen molar-refractivity contribution in [3.8, 4) is 17.2 Å². The summed E-state index contributed by atoms with van der Waals surface area (Å²) in [5.74, 6) is -0.969. The lowest BCUT2D eigenvalue weighted by Crippen LogP contribution is -2.41. The highest BCUT2D eigenvalue weighted by Gasteiger charge is 2.18. The van der Waals surface area contributed by atoms with E-state index >= 15 is 0 Å². The Labute approximate surface area is 157 Å². The van der Waals surface area contributed by atoms with Crippen molar-refractivity contribution in [1.29, 1.82) is 0 Å². The van der Waals surface area contributed by atoms with Gasteiger partial charge in [-0.05, 0) is 46.3 Å². The van der Waals surface area contributed by atoms with Gasteiger partial charge in [0.2, 0.25) is 5.75 Å². The molecule has 0 aliphatic rings. The molecule has 0 aliphatic heterocycles. The van der Waals surface area contributed by atoms with E-state index in [9.17, 15) is 14.0 Å². The first-order valence-corrected chi connectivity index (χ1v) is 8.06. The Morgan fingerprint density at radius 2 is 1.50 bits per heavy atom. The van der Waals surface area contributed by atoms with Crippen molar-refractivity contribution in [2.45, 2.75) is 0 Å². The first-order valence-electron chi connectivity index (χ1n) is 7.27. The van der Waals surface area contributed by atoms with Gasteiger partial charge >= 0.3 is 0 Å². The predicted molar refractivity (Wildman–Crippen MR) is 95.1 cm³/mol. The van der Waals surface area contributed by atoms with Gasteiger partial charge in [0.15, 0.2) is 11.5 Å². The number of nitrogens with one attached hydrogen (secondary N) is 2. The van der Waals surface area contributed by atoms with Crippen LogP contribution < -0.4 is 25.1 Å². The number of carbonyl (C=O) groups is 2. The third-order valence-corrected chi connectivity index (χ3v) is 4.08. The monoisotopic (exact) mass is 426 g/mol. The largest absolute Gasteiger partial charge is 0.493 e. The molecule has 2 N–H and O–H groups in total. The van der Waals surface area contributed by atoms with E-state index in [1.54, 1.807) is 0 Å². The highest BCUT2D eigenvalue weighted by molar-refractivity contribution is 9.10. The number of amides is 2. The lowest BCUT2D eigenvalue weighted by atomic mass is 10.1. The lowest BCUT2D eigenvalue weighted by Gasteiger charge is -2.14. The number of hydrogen-bond donors (Lipinski definition) is 2. The second-order valence-electron chi connectivity index (χ2n) is 4.95. The second kappa shape index (κ2) is 8.52. The summed E-state index contributed by atoms with van der Waals surface area (Å²) in [7, 11) is 4.28. The van der Waals surface area contributed by atoms with Gasteiger partial charge in [-0.15, -0.1) is 0 Å². The first-order chi connectivity index (χ1) is 12.4. The summed E-state index contributed by atoms with van der Waals surface area (Å²) >= 11 is 3.15. The summed E-state index contributed by atoms with van der Waals surface area (Å²) in [6.07, 6.45) is 0. The number of benzene rings is 2. The zero-order valence-corrected chi connectivity index (χ0v) is 15.8. The van der Waals surface area contributed by atoms with Gasteiger partial charge in [-0.1, -0.05) is 0 Å². The molecule has 0 bridgehead atoms. The maximum atomic E-state index is 13.3. The fraction of sp³-hybridized carbons (Fsp3) is 0.176. The minimum atomic E-state index is -0.683. The maximum Gasteiger partial charge on any atom is 0.270 e. The molecule has 0 spiro atoms. The Hall–Kier alpha value is -2.81. The molecule has 138 valence electrons. The number of halogens is 2. The van der Waals surface area contributed by atoms with E-state index in [4.69, 9.17) is 14.2 Å². The molecule has 0 saturated heterocycles. The normalized spacial score (nSPS) is 10.0. The van der Waals surface area contributed by atoms with Crippen LogP contribution in [0.3, 0.4) is 0 Å². The Balaban J connectivity index is 2.17. The lowest BCUT2D eigenvalue weighted by molar-refractivity contribution is 0.0845. The Morgan fingerprint density at radius 1 is 0.923 bits per heavy atom. The Kier molecular flexibility index (Phi) is 6.40. The Bertz CT molecular complexity index is 819. The van der Waals surface area contributed by atoms with Gasteiger partial charge < -0.3 is 14.2 Å². The standard InChI is InChI=1S/C17H16BrFN2O5/c1-24-13-6-9(7-14(25-2)15(13)26-3)16(22)20-21-17(23)11-8-10(19)4-5-12(11)18/h4-8H,1-3H3,(H,20,22)(H,21,23). The van der Waals surface area contributed by atoms with E-state index in [1.807, 2.05) is 0 Å². The fourth-order valence-corrected chi connectivity index (χ4v) is 2.56. The first kappa shape index (κ1) is 19.5. The van der Waals surface area contributed by atoms with Crippen LogP contribution in [0, 0.1) is 5.82 Å². The molecule has 0 saturated carbocycles. The number of carbonyl (C=O) groups excluding carboxylic acids is 2. The fourth-order valence-electron chi connectivity index (χ4n) is 2.14. The summed E-state index contributed by atoms with van der Waals surface area (Å²) in [4.78, 5) is 24.4. The summed E-state index contributed by atoms with van der Waals surface area (Å²) in [5, 5.41) is 0. The molecule has 0 aliphatic carbocycles. The minimum absolute atomic E-state index is 0.0372. The smallest absolute Gasteiger partial charge is 0.270 e. The van der Waals surface area contributed by atoms with Gasteiger partial charge in [0.25, 0.3) is 11.8 Å². The van der Waals surface area contributed by atoms with Crippen molar-refractivity contribution in [3.05, 3.63) is 51.7 Å². The summed E-state index contributed by atoms with van der Waals surface area (Å²) in [6, 6.07) is 6.51. The van der Waals surface area contributed by atoms with E-state index in [0.29, 0.717) is 10.2 Å². The molecular formula is C17H16BrFN2O5. The van der Waals surface area contributed by atoms with Crippen LogP contribution in [0.25, 0.3) is 0 Å². The molecule has 0 heterocycles. The average Bonchev–Trinajstić information content (AvgIpc) is 2.66. The summed E-state index contributed by atoms with van der Waals surface area (Å²) in [5.41, 5.74) is 4.67. The molecule has 9 heteroatoms. The third kappa shape index (κ3) is 4.23. The van der Waals surface area contributed by atoms with Gasteiger partial charge in [0.05, 0.1) is 26.9 Å². The molecule has 7 nitrogen and oxygen atoms in total. The maximum absolute atomic E-state index is 13.3. The van der Waals surface area contributed by atoms with E-state index in [2.05, 4.69) is 26.8 Å². The zero-order chi connectivity index (χ0) is 19.3. The van der Waals surface area contributed by atoms with E-state index < -0.39 is 17.6 Å². The summed E-state index contributed by atoms with van der Waals surface area (Å²) < 4.78 is 29.2. The van der Waals surface area contributed by atoms with E-state index in [0.717, 1.165) is 6.07 Å². The number of rotatable bonds is 5. The van der Waals surface area contributed by atoms with Gasteiger partial charge in [-0.2, -0.15) is 0 Å². The molecule has 2 rings (SSSR count). The molecule has 0 fully saturated rings. The van der Waals surface area contributed by atoms with Crippen LogP contribution in [0.1, 0.15) is 20.7 Å². The van der Waals surface area contributed by atoms with Crippen molar-refractivity contribution < 1.29 is 28.2 Å². The predicted octanol–water partition coefficient (Wildman–Crippen LogP) is 2.69. The van der Waals surface area contributed by atoms with E-state index in [-0.39, 0.29) is 22.6 Å². The quantitative estimate of drug-likeness (QED) is 0.717. The molecule has 0 aromatic heterocycles. The second-order valence-corrected chi connectivity index (χ2v) is 5.80. The molecule has 2 aromatic carbocycles. The van der Waals surface area contributed by atoms with Crippen LogP contribution >= 0.6 is 15.9 Å². The third-order valence-electron chi connectivity index (χ3n) is 3.39. The van der Waals surface area contributed by atoms with Gasteiger partial charge in [0.1, 0.15) is 5.82 Å². The topological polar surface area (TPSA) is 85.9 Å². The highest BCUT2D eigenvalue weighted by Crippen LogP contribution is 2.38. The highest BCUT2D eigenvalue weighted by atomic mass is 79.9. The van der Waals surface area contributed by atoms with Crippen molar-refractivity contribution in [2.24, 2.45) is 0 Å². The SMILES string of the molecule is COc1cc(C(=O)NNC(=O)c2cc(F)ccc2Br)cc(OC)c1OC. The Morgan fingerprint density at radius 3 is 2.04 bits per heavy atom. The van der Waals surface area contributed by atoms with Crippen LogP contribution in [-0.2, 0) is 0 Å². The molecule has 26 heavy (non-hydrogen) atoms. The molecule has 2 amide bonds. The van der Waals surface area contributed by atoms with Gasteiger partial charge in [-0.3, -0.25) is 20.4 Å². The average molecular weight is 427 g/mol. The summed E-state index contributed by atoms with van der Waals surface area (Å²) in [6.45, 7) is 0. The van der Waals surface area contributed by atoms with Crippen LogP contribution in [-0.4, -0.2) is 33.1 Å². The van der Waals surface area contributed by atoms with Crippen molar-refractivity contribution in [1.82, 2.24) is 10.9 Å². The van der Waals surface area contributed by atoms with Crippen LogP contribution in [0.5, 0.6) is 17.2 Å². The number of hydrogen-bond acceptors (Lipinski definition) is 5. The molecule has 0 atom stereocenters. The van der Waals surface area contributed by atoms with E-state index in [1.165, 1.54) is 45.6 Å². The minimum Gasteiger partial charge on any atom is -0.493 e. The van der Waals surface area contributed by atoms with Crippen LogP contribution in [0.2, 0.25) is 0 Å². The van der Waals surface area contributed by atoms with Crippen molar-refractivity contribution >= 4 is 27.7 Å². The number of hydrazine groups is 1. The van der Waals surface area contributed by atoms with Crippen molar-refractivity contribution in [2.75, 3.05) is 21.3 Å². The number of ether oxygens (including phenoxy) is 3. The van der Waals surface area contributed by atoms with Crippen molar-refractivity contribution in [3.63, 3.8) is 0 Å². The zero-order valence-electron chi connectivity index (χ0n) is 14.2. The molecule has 2 aromatic rings. The van der Waals surface area contributed by atoms with Crippen LogP contribution in [0.4, 0.5) is 4.39 Å². The van der Waals surface area contributed by atoms with Gasteiger partial charge in [0, 0.05) is 10.0 Å². The number of methoxy groups -OCH3 is 3. The molecule has 0 unspecified atom stereocenters. The van der Waals surface area contributed by atoms with Gasteiger partial charge in [-0.25, -0.2) is 4.39 Å². The van der Waals surface area contributed by atoms with Crippen LogP contribution in [0.15, 0.2) is 34.8 Å². The molecule has 0 radical (unpaired) electrons.